The summed E-state index contributed by atoms with van der Waals surface area (Å²) in [5.41, 5.74) is 2.18. The van der Waals surface area contributed by atoms with E-state index in [0.29, 0.717) is 0 Å². The van der Waals surface area contributed by atoms with E-state index in [-0.39, 0.29) is 0 Å². The van der Waals surface area contributed by atoms with Gasteiger partial charge in [-0.05, 0) is 60.2 Å². The molecule has 0 saturated carbocycles. The summed E-state index contributed by atoms with van der Waals surface area (Å²) in [6, 6.07) is 8.46. The van der Waals surface area contributed by atoms with Crippen molar-refractivity contribution in [2.24, 2.45) is 0 Å². The summed E-state index contributed by atoms with van der Waals surface area (Å²) in [6.07, 6.45) is 4.42. The first-order valence-electron chi connectivity index (χ1n) is 6.26. The molecule has 0 unspecified atom stereocenters. The van der Waals surface area contributed by atoms with E-state index in [1.807, 2.05) is 6.92 Å². The van der Waals surface area contributed by atoms with Gasteiger partial charge in [-0.25, -0.2) is 4.98 Å². The van der Waals surface area contributed by atoms with Crippen LogP contribution < -0.4 is 5.32 Å². The minimum atomic E-state index is 0.933. The molecule has 0 aliphatic carbocycles. The van der Waals surface area contributed by atoms with Crippen LogP contribution >= 0.6 is 22.6 Å². The average molecular weight is 355 g/mol. The smallest absolute Gasteiger partial charge is 0.207 e. The van der Waals surface area contributed by atoms with Gasteiger partial charge in [0, 0.05) is 22.0 Å². The summed E-state index contributed by atoms with van der Waals surface area (Å²) in [5, 5.41) is 3.40. The van der Waals surface area contributed by atoms with Gasteiger partial charge in [0.1, 0.15) is 0 Å². The van der Waals surface area contributed by atoms with E-state index in [0.717, 1.165) is 23.9 Å². The quantitative estimate of drug-likeness (QED) is 0.649. The lowest BCUT2D eigenvalue weighted by Gasteiger charge is -2.09. The summed E-state index contributed by atoms with van der Waals surface area (Å²) in [7, 11) is 0. The zero-order valence-corrected chi connectivity index (χ0v) is 12.9. The van der Waals surface area contributed by atoms with Gasteiger partial charge < -0.3 is 5.32 Å². The Bertz CT molecular complexity index is 502. The van der Waals surface area contributed by atoms with Crippen molar-refractivity contribution in [3.63, 3.8) is 0 Å². The topological polar surface area (TPSA) is 29.9 Å². The minimum Gasteiger partial charge on any atom is -0.355 e. The maximum Gasteiger partial charge on any atom is 0.207 e. The highest BCUT2D eigenvalue weighted by Crippen LogP contribution is 2.18. The molecule has 0 amide bonds. The van der Waals surface area contributed by atoms with Crippen LogP contribution in [-0.4, -0.2) is 16.1 Å². The Hall–Kier alpha value is -1.04. The molecule has 18 heavy (non-hydrogen) atoms. The molecule has 4 heteroatoms. The van der Waals surface area contributed by atoms with Gasteiger partial charge in [-0.1, -0.05) is 13.3 Å². The fraction of sp³-hybridized carbons (Fsp3) is 0.357. The molecule has 1 aromatic heterocycles. The van der Waals surface area contributed by atoms with Crippen molar-refractivity contribution in [3.8, 4) is 5.69 Å². The molecule has 2 rings (SSSR count). The number of rotatable bonds is 5. The van der Waals surface area contributed by atoms with Gasteiger partial charge in [-0.15, -0.1) is 0 Å². The first kappa shape index (κ1) is 13.4. The number of nitrogens with one attached hydrogen (secondary N) is 1. The molecule has 96 valence electrons. The maximum atomic E-state index is 4.53. The van der Waals surface area contributed by atoms with Crippen molar-refractivity contribution in [2.45, 2.75) is 26.7 Å². The van der Waals surface area contributed by atoms with Crippen LogP contribution in [0.5, 0.6) is 0 Å². The highest BCUT2D eigenvalue weighted by atomic mass is 127. The zero-order valence-electron chi connectivity index (χ0n) is 10.8. The van der Waals surface area contributed by atoms with E-state index in [1.165, 1.54) is 16.4 Å². The molecule has 1 N–H and O–H groups in total. The third kappa shape index (κ3) is 3.25. The molecule has 0 aliphatic rings. The molecule has 1 heterocycles. The van der Waals surface area contributed by atoms with Gasteiger partial charge in [0.2, 0.25) is 5.95 Å². The molecule has 2 aromatic rings. The number of anilines is 1. The minimum absolute atomic E-state index is 0.933. The lowest BCUT2D eigenvalue weighted by Crippen LogP contribution is -2.07. The van der Waals surface area contributed by atoms with Crippen LogP contribution in [-0.2, 0) is 0 Å². The molecule has 0 radical (unpaired) electrons. The summed E-state index contributed by atoms with van der Waals surface area (Å²) >= 11 is 2.32. The van der Waals surface area contributed by atoms with Crippen molar-refractivity contribution >= 4 is 28.5 Å². The van der Waals surface area contributed by atoms with Crippen molar-refractivity contribution in [2.75, 3.05) is 11.9 Å². The SMILES string of the molecule is CCCCNc1nc(C)cn1-c1ccc(I)cc1. The maximum absolute atomic E-state index is 4.53. The van der Waals surface area contributed by atoms with Gasteiger partial charge in [-0.3, -0.25) is 4.57 Å². The second-order valence-electron chi connectivity index (χ2n) is 4.33. The van der Waals surface area contributed by atoms with E-state index in [2.05, 4.69) is 74.8 Å². The number of imidazole rings is 1. The van der Waals surface area contributed by atoms with Crippen LogP contribution in [0.15, 0.2) is 30.5 Å². The average Bonchev–Trinajstić information content (AvgIpc) is 2.72. The summed E-state index contributed by atoms with van der Waals surface area (Å²) < 4.78 is 3.36. The molecule has 1 aromatic carbocycles. The third-order valence-electron chi connectivity index (χ3n) is 2.74. The number of hydrogen-bond acceptors (Lipinski definition) is 2. The molecule has 0 bridgehead atoms. The lowest BCUT2D eigenvalue weighted by molar-refractivity contribution is 0.823. The molecule has 0 spiro atoms. The number of aryl methyl sites for hydroxylation is 1. The molecular weight excluding hydrogens is 337 g/mol. The lowest BCUT2D eigenvalue weighted by atomic mass is 10.3. The molecule has 0 fully saturated rings. The first-order chi connectivity index (χ1) is 8.70. The Morgan fingerprint density at radius 3 is 2.67 bits per heavy atom. The predicted molar refractivity (Wildman–Crippen MR) is 84.4 cm³/mol. The van der Waals surface area contributed by atoms with E-state index >= 15 is 0 Å². The van der Waals surface area contributed by atoms with Gasteiger partial charge in [0.05, 0.1) is 5.69 Å². The van der Waals surface area contributed by atoms with Crippen LogP contribution in [0.4, 0.5) is 5.95 Å². The second-order valence-corrected chi connectivity index (χ2v) is 5.58. The fourth-order valence-corrected chi connectivity index (χ4v) is 2.16. The van der Waals surface area contributed by atoms with Crippen molar-refractivity contribution in [1.82, 2.24) is 9.55 Å². The summed E-state index contributed by atoms with van der Waals surface area (Å²) in [5.74, 6) is 0.933. The number of unbranched alkanes of at least 4 members (excludes halogenated alkanes) is 1. The number of nitrogens with zero attached hydrogens (tertiary/aromatic N) is 2. The Morgan fingerprint density at radius 1 is 1.28 bits per heavy atom. The van der Waals surface area contributed by atoms with Gasteiger partial charge in [0.15, 0.2) is 0 Å². The van der Waals surface area contributed by atoms with E-state index in [1.54, 1.807) is 0 Å². The van der Waals surface area contributed by atoms with E-state index in [9.17, 15) is 0 Å². The number of halogens is 1. The molecule has 0 saturated heterocycles. The van der Waals surface area contributed by atoms with E-state index in [4.69, 9.17) is 0 Å². The third-order valence-corrected chi connectivity index (χ3v) is 3.46. The van der Waals surface area contributed by atoms with Gasteiger partial charge >= 0.3 is 0 Å². The highest BCUT2D eigenvalue weighted by molar-refractivity contribution is 14.1. The zero-order chi connectivity index (χ0) is 13.0. The molecule has 3 nitrogen and oxygen atoms in total. The standard InChI is InChI=1S/C14H18IN3/c1-3-4-9-16-14-17-11(2)10-18(14)13-7-5-12(15)6-8-13/h5-8,10H,3-4,9H2,1-2H3,(H,16,17). The van der Waals surface area contributed by atoms with Crippen LogP contribution in [0.3, 0.4) is 0 Å². The molecule has 0 aliphatic heterocycles. The van der Waals surface area contributed by atoms with E-state index < -0.39 is 0 Å². The van der Waals surface area contributed by atoms with Crippen LogP contribution in [0.1, 0.15) is 25.5 Å². The molecule has 0 atom stereocenters. The second kappa shape index (κ2) is 6.22. The Balaban J connectivity index is 2.23. The highest BCUT2D eigenvalue weighted by Gasteiger charge is 2.06. The van der Waals surface area contributed by atoms with Crippen LogP contribution in [0.25, 0.3) is 5.69 Å². The first-order valence-corrected chi connectivity index (χ1v) is 7.34. The molecular formula is C14H18IN3. The largest absolute Gasteiger partial charge is 0.355 e. The monoisotopic (exact) mass is 355 g/mol. The number of aromatic nitrogens is 2. The number of benzene rings is 1. The van der Waals surface area contributed by atoms with Gasteiger partial charge in [0.25, 0.3) is 0 Å². The van der Waals surface area contributed by atoms with Crippen molar-refractivity contribution in [1.29, 1.82) is 0 Å². The normalized spacial score (nSPS) is 10.6. The van der Waals surface area contributed by atoms with Crippen molar-refractivity contribution < 1.29 is 0 Å². The number of hydrogen-bond donors (Lipinski definition) is 1. The van der Waals surface area contributed by atoms with Crippen LogP contribution in [0.2, 0.25) is 0 Å². The fourth-order valence-electron chi connectivity index (χ4n) is 1.80. The van der Waals surface area contributed by atoms with Crippen molar-refractivity contribution in [3.05, 3.63) is 39.7 Å². The summed E-state index contributed by atoms with van der Waals surface area (Å²) in [4.78, 5) is 4.53. The van der Waals surface area contributed by atoms with Gasteiger partial charge in [-0.2, -0.15) is 0 Å². The Morgan fingerprint density at radius 2 is 2.00 bits per heavy atom. The van der Waals surface area contributed by atoms with Crippen LogP contribution in [0, 0.1) is 10.5 Å². The Labute approximate surface area is 122 Å². The summed E-state index contributed by atoms with van der Waals surface area (Å²) in [6.45, 7) is 5.18. The predicted octanol–water partition coefficient (Wildman–Crippen LogP) is 4.00. The Kier molecular flexibility index (Phi) is 4.63.